The number of aryl methyl sites for hydroxylation is 1. The number of fused-ring (bicyclic) bond motifs is 1. The van der Waals surface area contributed by atoms with E-state index in [9.17, 15) is 5.11 Å². The number of nitrogens with zero attached hydrogens (tertiary/aromatic N) is 3. The molecule has 1 N–H and O–H groups in total. The second kappa shape index (κ2) is 6.29. The van der Waals surface area contributed by atoms with E-state index in [1.54, 1.807) is 0 Å². The number of β-amino-alcohol motifs (C(OH)–C–C–N with tert-alkyl or cyclic N) is 1. The summed E-state index contributed by atoms with van der Waals surface area (Å²) in [6.45, 7) is 4.57. The number of imidazole rings is 1. The molecule has 1 aliphatic rings. The zero-order valence-electron chi connectivity index (χ0n) is 14.0. The zero-order chi connectivity index (χ0) is 16.5. The maximum Gasteiger partial charge on any atom is 0.206 e. The van der Waals surface area contributed by atoms with Crippen molar-refractivity contribution in [1.29, 1.82) is 0 Å². The standard InChI is InChI=1S/C20H23N3O/c1-15-7-2-3-8-16(15)13-23-19-11-5-4-10-18(19)21-20(23)22-12-6-9-17(24)14-22/h2-5,7-8,10-11,17,24H,6,9,12-14H2,1H3/t17-/m1/s1. The van der Waals surface area contributed by atoms with Gasteiger partial charge in [0.05, 0.1) is 23.7 Å². The molecule has 24 heavy (non-hydrogen) atoms. The molecule has 0 unspecified atom stereocenters. The Morgan fingerprint density at radius 3 is 2.75 bits per heavy atom. The van der Waals surface area contributed by atoms with Gasteiger partial charge in [-0.3, -0.25) is 0 Å². The Kier molecular flexibility index (Phi) is 3.98. The van der Waals surface area contributed by atoms with Gasteiger partial charge in [0, 0.05) is 13.1 Å². The summed E-state index contributed by atoms with van der Waals surface area (Å²) in [4.78, 5) is 7.10. The second-order valence-electron chi connectivity index (χ2n) is 6.66. The molecule has 1 aromatic heterocycles. The second-order valence-corrected chi connectivity index (χ2v) is 6.66. The van der Waals surface area contributed by atoms with Crippen LogP contribution in [0.2, 0.25) is 0 Å². The molecule has 0 saturated carbocycles. The lowest BCUT2D eigenvalue weighted by Crippen LogP contribution is -2.39. The van der Waals surface area contributed by atoms with Gasteiger partial charge in [-0.1, -0.05) is 36.4 Å². The Balaban J connectivity index is 1.80. The van der Waals surface area contributed by atoms with Gasteiger partial charge >= 0.3 is 0 Å². The lowest BCUT2D eigenvalue weighted by Gasteiger charge is -2.31. The van der Waals surface area contributed by atoms with Crippen molar-refractivity contribution in [2.24, 2.45) is 0 Å². The topological polar surface area (TPSA) is 41.3 Å². The van der Waals surface area contributed by atoms with Crippen molar-refractivity contribution in [2.75, 3.05) is 18.0 Å². The minimum atomic E-state index is -0.259. The van der Waals surface area contributed by atoms with Crippen LogP contribution in [-0.2, 0) is 6.54 Å². The molecule has 1 saturated heterocycles. The molecule has 0 aliphatic carbocycles. The largest absolute Gasteiger partial charge is 0.391 e. The molecular formula is C20H23N3O. The van der Waals surface area contributed by atoms with Crippen LogP contribution in [0.3, 0.4) is 0 Å². The Morgan fingerprint density at radius 1 is 1.12 bits per heavy atom. The normalized spacial score (nSPS) is 18.2. The molecule has 1 aliphatic heterocycles. The van der Waals surface area contributed by atoms with Gasteiger partial charge in [0.1, 0.15) is 0 Å². The smallest absolute Gasteiger partial charge is 0.206 e. The van der Waals surface area contributed by atoms with E-state index in [1.807, 2.05) is 6.07 Å². The fourth-order valence-corrected chi connectivity index (χ4v) is 3.55. The monoisotopic (exact) mass is 321 g/mol. The van der Waals surface area contributed by atoms with Gasteiger partial charge in [0.15, 0.2) is 0 Å². The van der Waals surface area contributed by atoms with Crippen LogP contribution in [0, 0.1) is 6.92 Å². The van der Waals surface area contributed by atoms with Crippen LogP contribution >= 0.6 is 0 Å². The van der Waals surface area contributed by atoms with Gasteiger partial charge < -0.3 is 14.6 Å². The highest BCUT2D eigenvalue weighted by atomic mass is 16.3. The first kappa shape index (κ1) is 15.2. The first-order chi connectivity index (χ1) is 11.7. The van der Waals surface area contributed by atoms with Crippen LogP contribution in [0.15, 0.2) is 48.5 Å². The van der Waals surface area contributed by atoms with E-state index in [2.05, 4.69) is 58.9 Å². The fraction of sp³-hybridized carbons (Fsp3) is 0.350. The van der Waals surface area contributed by atoms with Gasteiger partial charge in [-0.2, -0.15) is 0 Å². The van der Waals surface area contributed by atoms with Crippen molar-refractivity contribution < 1.29 is 5.11 Å². The SMILES string of the molecule is Cc1ccccc1Cn1c(N2CCC[C@@H](O)C2)nc2ccccc21. The quantitative estimate of drug-likeness (QED) is 0.804. The molecule has 4 nitrogen and oxygen atoms in total. The van der Waals surface area contributed by atoms with Gasteiger partial charge in [-0.05, 0) is 43.0 Å². The number of benzene rings is 2. The van der Waals surface area contributed by atoms with Crippen LogP contribution in [0.5, 0.6) is 0 Å². The number of aliphatic hydroxyl groups excluding tert-OH is 1. The Bertz CT molecular complexity index is 855. The molecule has 0 radical (unpaired) electrons. The lowest BCUT2D eigenvalue weighted by molar-refractivity contribution is 0.153. The molecule has 4 heteroatoms. The number of para-hydroxylation sites is 2. The zero-order valence-corrected chi connectivity index (χ0v) is 14.0. The van der Waals surface area contributed by atoms with Crippen LogP contribution < -0.4 is 4.90 Å². The molecule has 0 spiro atoms. The number of piperidine rings is 1. The molecule has 4 rings (SSSR count). The first-order valence-corrected chi connectivity index (χ1v) is 8.65. The van der Waals surface area contributed by atoms with Gasteiger partial charge in [0.25, 0.3) is 0 Å². The number of hydrogen-bond donors (Lipinski definition) is 1. The predicted molar refractivity (Wildman–Crippen MR) is 97.5 cm³/mol. The summed E-state index contributed by atoms with van der Waals surface area (Å²) in [7, 11) is 0. The van der Waals surface area contributed by atoms with Crippen LogP contribution in [-0.4, -0.2) is 33.9 Å². The summed E-state index contributed by atoms with van der Waals surface area (Å²) in [6, 6.07) is 16.8. The van der Waals surface area contributed by atoms with E-state index in [1.165, 1.54) is 11.1 Å². The molecule has 1 fully saturated rings. The van der Waals surface area contributed by atoms with Crippen molar-refractivity contribution in [3.63, 3.8) is 0 Å². The maximum atomic E-state index is 10.1. The minimum absolute atomic E-state index is 0.259. The van der Waals surface area contributed by atoms with Crippen molar-refractivity contribution in [3.8, 4) is 0 Å². The molecule has 2 aromatic carbocycles. The molecule has 3 aromatic rings. The Morgan fingerprint density at radius 2 is 1.92 bits per heavy atom. The van der Waals surface area contributed by atoms with Gasteiger partial charge in [-0.15, -0.1) is 0 Å². The van der Waals surface area contributed by atoms with E-state index < -0.39 is 0 Å². The molecule has 1 atom stereocenters. The van der Waals surface area contributed by atoms with E-state index in [-0.39, 0.29) is 6.10 Å². The third kappa shape index (κ3) is 2.78. The fourth-order valence-electron chi connectivity index (χ4n) is 3.55. The van der Waals surface area contributed by atoms with Crippen LogP contribution in [0.25, 0.3) is 11.0 Å². The van der Waals surface area contributed by atoms with Crippen molar-refractivity contribution in [1.82, 2.24) is 9.55 Å². The van der Waals surface area contributed by atoms with E-state index >= 15 is 0 Å². The summed E-state index contributed by atoms with van der Waals surface area (Å²) in [5.74, 6) is 0.971. The third-order valence-electron chi connectivity index (χ3n) is 4.90. The minimum Gasteiger partial charge on any atom is -0.391 e. The molecule has 2 heterocycles. The number of anilines is 1. The highest BCUT2D eigenvalue weighted by molar-refractivity contribution is 5.79. The molecular weight excluding hydrogens is 298 g/mol. The molecule has 0 bridgehead atoms. The van der Waals surface area contributed by atoms with Crippen molar-refractivity contribution in [3.05, 3.63) is 59.7 Å². The third-order valence-corrected chi connectivity index (χ3v) is 4.90. The highest BCUT2D eigenvalue weighted by Crippen LogP contribution is 2.27. The maximum absolute atomic E-state index is 10.1. The van der Waals surface area contributed by atoms with E-state index in [0.717, 1.165) is 42.9 Å². The number of aliphatic hydroxyl groups is 1. The van der Waals surface area contributed by atoms with E-state index in [4.69, 9.17) is 4.98 Å². The number of hydrogen-bond acceptors (Lipinski definition) is 3. The van der Waals surface area contributed by atoms with Gasteiger partial charge in [0.2, 0.25) is 5.95 Å². The molecule has 124 valence electrons. The Labute approximate surface area is 142 Å². The number of aromatic nitrogens is 2. The van der Waals surface area contributed by atoms with Crippen molar-refractivity contribution >= 4 is 17.0 Å². The van der Waals surface area contributed by atoms with Crippen molar-refractivity contribution in [2.45, 2.75) is 32.4 Å². The van der Waals surface area contributed by atoms with Crippen LogP contribution in [0.1, 0.15) is 24.0 Å². The Hall–Kier alpha value is -2.33. The average Bonchev–Trinajstić information content (AvgIpc) is 2.96. The predicted octanol–water partition coefficient (Wildman–Crippen LogP) is 3.35. The highest BCUT2D eigenvalue weighted by Gasteiger charge is 2.23. The summed E-state index contributed by atoms with van der Waals surface area (Å²) in [6.07, 6.45) is 1.63. The summed E-state index contributed by atoms with van der Waals surface area (Å²) in [5, 5.41) is 10.1. The van der Waals surface area contributed by atoms with E-state index in [0.29, 0.717) is 6.54 Å². The van der Waals surface area contributed by atoms with Gasteiger partial charge in [-0.25, -0.2) is 4.98 Å². The summed E-state index contributed by atoms with van der Waals surface area (Å²) >= 11 is 0. The summed E-state index contributed by atoms with van der Waals surface area (Å²) < 4.78 is 2.29. The lowest BCUT2D eigenvalue weighted by atomic mass is 10.1. The number of rotatable bonds is 3. The summed E-state index contributed by atoms with van der Waals surface area (Å²) in [5.41, 5.74) is 4.76. The average molecular weight is 321 g/mol. The first-order valence-electron chi connectivity index (χ1n) is 8.65. The van der Waals surface area contributed by atoms with Crippen LogP contribution in [0.4, 0.5) is 5.95 Å². The molecule has 0 amide bonds.